The summed E-state index contributed by atoms with van der Waals surface area (Å²) in [7, 11) is 0. The van der Waals surface area contributed by atoms with Crippen molar-refractivity contribution in [3.05, 3.63) is 68.3 Å². The maximum atomic E-state index is 12.8. The highest BCUT2D eigenvalue weighted by Gasteiger charge is 2.37. The molecule has 1 aromatic heterocycles. The van der Waals surface area contributed by atoms with Gasteiger partial charge in [-0.15, -0.1) is 0 Å². The van der Waals surface area contributed by atoms with E-state index in [4.69, 9.17) is 4.99 Å². The minimum absolute atomic E-state index is 0.112. The van der Waals surface area contributed by atoms with Crippen molar-refractivity contribution in [1.82, 2.24) is 10.3 Å². The third-order valence-electron chi connectivity index (χ3n) is 5.01. The van der Waals surface area contributed by atoms with Crippen LogP contribution in [0.1, 0.15) is 48.9 Å². The van der Waals surface area contributed by atoms with Gasteiger partial charge in [0, 0.05) is 29.4 Å². The van der Waals surface area contributed by atoms with E-state index in [1.165, 1.54) is 0 Å². The van der Waals surface area contributed by atoms with Crippen molar-refractivity contribution in [2.45, 2.75) is 39.7 Å². The molecule has 2 aliphatic rings. The number of aryl methyl sites for hydroxylation is 1. The van der Waals surface area contributed by atoms with Crippen molar-refractivity contribution in [2.75, 3.05) is 5.32 Å². The van der Waals surface area contributed by atoms with E-state index >= 15 is 0 Å². The Morgan fingerprint density at radius 1 is 1.30 bits per heavy atom. The predicted octanol–water partition coefficient (Wildman–Crippen LogP) is 3.43. The van der Waals surface area contributed by atoms with Crippen LogP contribution in [-0.2, 0) is 0 Å². The standard InChI is InChI=1S/C21H21N5O/c1-10(2)24-20-16-12(4)25-19-11(3)9-23-21(27)18(19)17(16)14-6-5-13(8-22)7-15(14)26-20/h5-7,9-10,17,25H,1-4H3,(H,23,27)(H,24,26). The highest BCUT2D eigenvalue weighted by Crippen LogP contribution is 2.47. The SMILES string of the molecule is CC1=C2C(NC(C)C)=Nc3cc(C#N)ccc3C2c2c(c(C)c[nH]c2=O)N1. The van der Waals surface area contributed by atoms with Gasteiger partial charge in [-0.05, 0) is 51.0 Å². The Balaban J connectivity index is 2.05. The first-order valence-electron chi connectivity index (χ1n) is 9.00. The molecule has 2 aromatic rings. The average molecular weight is 359 g/mol. The van der Waals surface area contributed by atoms with Gasteiger partial charge in [0.1, 0.15) is 5.84 Å². The summed E-state index contributed by atoms with van der Waals surface area (Å²) in [6.07, 6.45) is 1.73. The number of rotatable bonds is 1. The Morgan fingerprint density at radius 3 is 2.78 bits per heavy atom. The molecular weight excluding hydrogens is 338 g/mol. The molecule has 6 heteroatoms. The number of allylic oxidation sites excluding steroid dienone is 1. The van der Waals surface area contributed by atoms with E-state index in [0.717, 1.165) is 39.6 Å². The van der Waals surface area contributed by atoms with Crippen LogP contribution in [0.4, 0.5) is 11.4 Å². The monoisotopic (exact) mass is 359 g/mol. The van der Waals surface area contributed by atoms with Crippen LogP contribution >= 0.6 is 0 Å². The van der Waals surface area contributed by atoms with Crippen molar-refractivity contribution in [1.29, 1.82) is 5.26 Å². The summed E-state index contributed by atoms with van der Waals surface area (Å²) in [5.74, 6) is 0.514. The predicted molar refractivity (Wildman–Crippen MR) is 106 cm³/mol. The quantitative estimate of drug-likeness (QED) is 0.727. The number of hydrogen-bond acceptors (Lipinski definition) is 5. The van der Waals surface area contributed by atoms with Gasteiger partial charge < -0.3 is 15.6 Å². The van der Waals surface area contributed by atoms with E-state index < -0.39 is 0 Å². The smallest absolute Gasteiger partial charge is 0.254 e. The van der Waals surface area contributed by atoms with Crippen molar-refractivity contribution < 1.29 is 0 Å². The van der Waals surface area contributed by atoms with Gasteiger partial charge in [0.15, 0.2) is 0 Å². The molecule has 2 aliphatic heterocycles. The largest absolute Gasteiger partial charge is 0.368 e. The Hall–Kier alpha value is -3.33. The molecule has 0 aliphatic carbocycles. The van der Waals surface area contributed by atoms with E-state index in [2.05, 4.69) is 35.5 Å². The number of aliphatic imine (C=N–C) groups is 1. The van der Waals surface area contributed by atoms with Crippen molar-refractivity contribution >= 4 is 17.2 Å². The number of pyridine rings is 1. The lowest BCUT2D eigenvalue weighted by Crippen LogP contribution is -2.39. The van der Waals surface area contributed by atoms with Crippen LogP contribution in [0.25, 0.3) is 0 Å². The number of fused-ring (bicyclic) bond motifs is 5. The van der Waals surface area contributed by atoms with Gasteiger partial charge in [-0.25, -0.2) is 4.99 Å². The Kier molecular flexibility index (Phi) is 3.88. The number of aromatic nitrogens is 1. The molecule has 3 N–H and O–H groups in total. The number of amidine groups is 1. The molecule has 0 spiro atoms. The summed E-state index contributed by atoms with van der Waals surface area (Å²) in [6.45, 7) is 8.09. The zero-order valence-corrected chi connectivity index (χ0v) is 15.8. The average Bonchev–Trinajstić information content (AvgIpc) is 2.63. The fraction of sp³-hybridized carbons (Fsp3) is 0.286. The van der Waals surface area contributed by atoms with Gasteiger partial charge in [-0.3, -0.25) is 4.79 Å². The van der Waals surface area contributed by atoms with Crippen molar-refractivity contribution in [3.8, 4) is 6.07 Å². The van der Waals surface area contributed by atoms with E-state index in [0.29, 0.717) is 11.1 Å². The van der Waals surface area contributed by atoms with E-state index in [-0.39, 0.29) is 17.5 Å². The Morgan fingerprint density at radius 2 is 2.07 bits per heavy atom. The van der Waals surface area contributed by atoms with Gasteiger partial charge >= 0.3 is 0 Å². The third kappa shape index (κ3) is 2.63. The maximum Gasteiger partial charge on any atom is 0.254 e. The molecule has 0 fully saturated rings. The first kappa shape index (κ1) is 17.1. The highest BCUT2D eigenvalue weighted by atomic mass is 16.1. The number of nitrogens with zero attached hydrogens (tertiary/aromatic N) is 2. The van der Waals surface area contributed by atoms with Crippen LogP contribution in [0.3, 0.4) is 0 Å². The zero-order valence-electron chi connectivity index (χ0n) is 15.8. The number of aromatic amines is 1. The van der Waals surface area contributed by atoms with Crippen LogP contribution in [0.15, 0.2) is 45.5 Å². The second-order valence-electron chi connectivity index (χ2n) is 7.33. The van der Waals surface area contributed by atoms with Crippen LogP contribution in [0.2, 0.25) is 0 Å². The molecule has 0 saturated heterocycles. The molecule has 0 amide bonds. The number of benzene rings is 1. The lowest BCUT2D eigenvalue weighted by Gasteiger charge is -2.35. The van der Waals surface area contributed by atoms with E-state index in [1.807, 2.05) is 19.9 Å². The zero-order chi connectivity index (χ0) is 19.3. The van der Waals surface area contributed by atoms with Gasteiger partial charge in [0.25, 0.3) is 5.56 Å². The summed E-state index contributed by atoms with van der Waals surface area (Å²) >= 11 is 0. The summed E-state index contributed by atoms with van der Waals surface area (Å²) in [5, 5.41) is 16.1. The molecule has 3 heterocycles. The van der Waals surface area contributed by atoms with Gasteiger partial charge in [0.2, 0.25) is 0 Å². The molecule has 6 nitrogen and oxygen atoms in total. The lowest BCUT2D eigenvalue weighted by atomic mass is 9.77. The molecule has 0 saturated carbocycles. The minimum atomic E-state index is -0.230. The molecule has 1 unspecified atom stereocenters. The van der Waals surface area contributed by atoms with E-state index in [1.54, 1.807) is 18.3 Å². The normalized spacial score (nSPS) is 17.3. The summed E-state index contributed by atoms with van der Waals surface area (Å²) < 4.78 is 0. The third-order valence-corrected chi connectivity index (χ3v) is 5.01. The van der Waals surface area contributed by atoms with Gasteiger partial charge in [-0.2, -0.15) is 5.26 Å². The molecule has 1 aromatic carbocycles. The summed E-state index contributed by atoms with van der Waals surface area (Å²) in [4.78, 5) is 20.5. The molecule has 1 atom stereocenters. The number of nitrogens with one attached hydrogen (secondary N) is 3. The lowest BCUT2D eigenvalue weighted by molar-refractivity contribution is 0.722. The van der Waals surface area contributed by atoms with Crippen LogP contribution in [0.5, 0.6) is 0 Å². The Bertz CT molecular complexity index is 1110. The van der Waals surface area contributed by atoms with Crippen LogP contribution in [0, 0.1) is 18.3 Å². The first-order valence-corrected chi connectivity index (χ1v) is 9.00. The minimum Gasteiger partial charge on any atom is -0.368 e. The Labute approximate surface area is 157 Å². The number of anilines is 1. The van der Waals surface area contributed by atoms with Gasteiger partial charge in [-0.1, -0.05) is 6.07 Å². The molecule has 0 bridgehead atoms. The van der Waals surface area contributed by atoms with Gasteiger partial charge in [0.05, 0.1) is 28.6 Å². The summed E-state index contributed by atoms with van der Waals surface area (Å²) in [6, 6.07) is 7.84. The first-order chi connectivity index (χ1) is 12.9. The molecule has 0 radical (unpaired) electrons. The fourth-order valence-corrected chi connectivity index (χ4v) is 3.85. The second-order valence-corrected chi connectivity index (χ2v) is 7.33. The van der Waals surface area contributed by atoms with Crippen molar-refractivity contribution in [2.24, 2.45) is 4.99 Å². The second kappa shape index (κ2) is 6.13. The van der Waals surface area contributed by atoms with Crippen molar-refractivity contribution in [3.63, 3.8) is 0 Å². The number of nitriles is 1. The molecule has 4 rings (SSSR count). The molecule has 136 valence electrons. The molecule has 27 heavy (non-hydrogen) atoms. The fourth-order valence-electron chi connectivity index (χ4n) is 3.85. The topological polar surface area (TPSA) is 93.1 Å². The maximum absolute atomic E-state index is 12.8. The van der Waals surface area contributed by atoms with Crippen LogP contribution < -0.4 is 16.2 Å². The summed E-state index contributed by atoms with van der Waals surface area (Å²) in [5.41, 5.74) is 6.60. The number of H-pyrrole nitrogens is 1. The molecular formula is C21H21N5O. The van der Waals surface area contributed by atoms with E-state index in [9.17, 15) is 10.1 Å². The number of hydrogen-bond donors (Lipinski definition) is 3. The van der Waals surface area contributed by atoms with Crippen LogP contribution in [-0.4, -0.2) is 16.9 Å². The highest BCUT2D eigenvalue weighted by molar-refractivity contribution is 6.06.